The van der Waals surface area contributed by atoms with Gasteiger partial charge in [-0.25, -0.2) is 0 Å². The standard InChI is InChI=1S/C18H32O3/c1-3-4-8-12-17(19)16-14-15(16)11-9-6-5-7-10-13-18(20)21-2/h15-16H,3-14H2,1-2H3/t15-,16+/m1/s1. The van der Waals surface area contributed by atoms with Crippen LogP contribution in [0.3, 0.4) is 0 Å². The van der Waals surface area contributed by atoms with E-state index in [-0.39, 0.29) is 5.97 Å². The van der Waals surface area contributed by atoms with Crippen LogP contribution in [-0.4, -0.2) is 18.9 Å². The lowest BCUT2D eigenvalue weighted by Crippen LogP contribution is -2.02. The molecule has 0 bridgehead atoms. The number of unbranched alkanes of at least 4 members (excludes halogenated alkanes) is 6. The molecular weight excluding hydrogens is 264 g/mol. The van der Waals surface area contributed by atoms with E-state index in [1.807, 2.05) is 0 Å². The Kier molecular flexibility index (Phi) is 9.36. The molecule has 3 nitrogen and oxygen atoms in total. The first-order chi connectivity index (χ1) is 10.2. The molecule has 0 saturated heterocycles. The van der Waals surface area contributed by atoms with Crippen molar-refractivity contribution in [1.82, 2.24) is 0 Å². The Morgan fingerprint density at radius 3 is 2.33 bits per heavy atom. The molecule has 0 heterocycles. The normalized spacial score (nSPS) is 20.3. The third kappa shape index (κ3) is 8.23. The topological polar surface area (TPSA) is 43.4 Å². The van der Waals surface area contributed by atoms with Gasteiger partial charge in [-0.05, 0) is 31.6 Å². The molecule has 0 N–H and O–H groups in total. The predicted molar refractivity (Wildman–Crippen MR) is 85.1 cm³/mol. The van der Waals surface area contributed by atoms with E-state index < -0.39 is 0 Å². The fourth-order valence-corrected chi connectivity index (χ4v) is 3.00. The average Bonchev–Trinajstić information content (AvgIpc) is 3.25. The van der Waals surface area contributed by atoms with Crippen LogP contribution in [0.15, 0.2) is 0 Å². The minimum Gasteiger partial charge on any atom is -0.469 e. The molecule has 1 aliphatic carbocycles. The molecule has 0 radical (unpaired) electrons. The molecule has 2 atom stereocenters. The summed E-state index contributed by atoms with van der Waals surface area (Å²) in [5.41, 5.74) is 0. The molecule has 122 valence electrons. The number of methoxy groups -OCH3 is 1. The molecule has 0 amide bonds. The van der Waals surface area contributed by atoms with Gasteiger partial charge in [0.2, 0.25) is 0 Å². The highest BCUT2D eigenvalue weighted by molar-refractivity contribution is 5.83. The van der Waals surface area contributed by atoms with Crippen LogP contribution >= 0.6 is 0 Å². The van der Waals surface area contributed by atoms with Crippen LogP contribution in [0.4, 0.5) is 0 Å². The van der Waals surface area contributed by atoms with E-state index in [1.54, 1.807) is 0 Å². The van der Waals surface area contributed by atoms with E-state index in [1.165, 1.54) is 45.6 Å². The second-order valence-electron chi connectivity index (χ2n) is 6.41. The van der Waals surface area contributed by atoms with E-state index in [0.717, 1.165) is 32.1 Å². The second-order valence-corrected chi connectivity index (χ2v) is 6.41. The van der Waals surface area contributed by atoms with Crippen molar-refractivity contribution in [3.8, 4) is 0 Å². The van der Waals surface area contributed by atoms with E-state index >= 15 is 0 Å². The maximum absolute atomic E-state index is 11.9. The van der Waals surface area contributed by atoms with Crippen molar-refractivity contribution in [2.24, 2.45) is 11.8 Å². The van der Waals surface area contributed by atoms with Crippen molar-refractivity contribution in [1.29, 1.82) is 0 Å². The number of ether oxygens (including phenoxy) is 1. The fraction of sp³-hybridized carbons (Fsp3) is 0.889. The SMILES string of the molecule is CCCCCC(=O)[C@H]1C[C@H]1CCCCCCCC(=O)OC. The van der Waals surface area contributed by atoms with Gasteiger partial charge >= 0.3 is 5.97 Å². The number of carbonyl (C=O) groups excluding carboxylic acids is 2. The maximum Gasteiger partial charge on any atom is 0.305 e. The Hall–Kier alpha value is -0.860. The highest BCUT2D eigenvalue weighted by Gasteiger charge is 2.40. The average molecular weight is 296 g/mol. The number of hydrogen-bond donors (Lipinski definition) is 0. The van der Waals surface area contributed by atoms with E-state index in [4.69, 9.17) is 0 Å². The smallest absolute Gasteiger partial charge is 0.305 e. The molecule has 0 aromatic carbocycles. The summed E-state index contributed by atoms with van der Waals surface area (Å²) in [5.74, 6) is 1.51. The Morgan fingerprint density at radius 2 is 1.62 bits per heavy atom. The summed E-state index contributed by atoms with van der Waals surface area (Å²) < 4.78 is 4.62. The van der Waals surface area contributed by atoms with Crippen LogP contribution in [0.2, 0.25) is 0 Å². The van der Waals surface area contributed by atoms with Crippen molar-refractivity contribution >= 4 is 11.8 Å². The van der Waals surface area contributed by atoms with Crippen molar-refractivity contribution in [3.05, 3.63) is 0 Å². The number of rotatable bonds is 13. The molecule has 1 fully saturated rings. The molecule has 0 unspecified atom stereocenters. The minimum absolute atomic E-state index is 0.0996. The zero-order valence-electron chi connectivity index (χ0n) is 13.9. The Labute approximate surface area is 129 Å². The van der Waals surface area contributed by atoms with Crippen LogP contribution in [0, 0.1) is 11.8 Å². The Balaban J connectivity index is 1.89. The molecular formula is C18H32O3. The largest absolute Gasteiger partial charge is 0.469 e. The van der Waals surface area contributed by atoms with Crippen molar-refractivity contribution in [3.63, 3.8) is 0 Å². The number of hydrogen-bond acceptors (Lipinski definition) is 3. The highest BCUT2D eigenvalue weighted by Crippen LogP contribution is 2.44. The quantitative estimate of drug-likeness (QED) is 0.366. The second kappa shape index (κ2) is 10.8. The van der Waals surface area contributed by atoms with E-state index in [9.17, 15) is 9.59 Å². The zero-order valence-corrected chi connectivity index (χ0v) is 13.9. The lowest BCUT2D eigenvalue weighted by Gasteiger charge is -2.02. The maximum atomic E-state index is 11.9. The molecule has 0 spiro atoms. The van der Waals surface area contributed by atoms with Gasteiger partial charge in [-0.15, -0.1) is 0 Å². The van der Waals surface area contributed by atoms with Gasteiger partial charge < -0.3 is 4.74 Å². The monoisotopic (exact) mass is 296 g/mol. The van der Waals surface area contributed by atoms with Gasteiger partial charge in [-0.2, -0.15) is 0 Å². The molecule has 0 aromatic heterocycles. The van der Waals surface area contributed by atoms with Crippen molar-refractivity contribution in [2.75, 3.05) is 7.11 Å². The lowest BCUT2D eigenvalue weighted by molar-refractivity contribution is -0.140. The Bertz CT molecular complexity index is 312. The molecule has 0 aromatic rings. The molecule has 0 aliphatic heterocycles. The van der Waals surface area contributed by atoms with E-state index in [0.29, 0.717) is 24.0 Å². The molecule has 1 aliphatic rings. The van der Waals surface area contributed by atoms with Gasteiger partial charge in [0, 0.05) is 18.8 Å². The summed E-state index contributed by atoms with van der Waals surface area (Å²) in [5, 5.41) is 0. The zero-order chi connectivity index (χ0) is 15.5. The number of esters is 1. The van der Waals surface area contributed by atoms with Gasteiger partial charge in [0.15, 0.2) is 0 Å². The molecule has 1 rings (SSSR count). The molecule has 1 saturated carbocycles. The first-order valence-electron chi connectivity index (χ1n) is 8.78. The van der Waals surface area contributed by atoms with Gasteiger partial charge in [0.1, 0.15) is 5.78 Å². The minimum atomic E-state index is -0.0996. The first kappa shape index (κ1) is 18.2. The van der Waals surface area contributed by atoms with Crippen molar-refractivity contribution in [2.45, 2.75) is 84.0 Å². The lowest BCUT2D eigenvalue weighted by atomic mass is 10.0. The summed E-state index contributed by atoms with van der Waals surface area (Å²) in [4.78, 5) is 22.9. The summed E-state index contributed by atoms with van der Waals surface area (Å²) >= 11 is 0. The number of carbonyl (C=O) groups is 2. The van der Waals surface area contributed by atoms with Gasteiger partial charge in [-0.3, -0.25) is 9.59 Å². The fourth-order valence-electron chi connectivity index (χ4n) is 3.00. The first-order valence-corrected chi connectivity index (χ1v) is 8.78. The summed E-state index contributed by atoms with van der Waals surface area (Å²) in [6.07, 6.45) is 12.9. The van der Waals surface area contributed by atoms with Crippen LogP contribution in [0.5, 0.6) is 0 Å². The molecule has 21 heavy (non-hydrogen) atoms. The van der Waals surface area contributed by atoms with E-state index in [2.05, 4.69) is 11.7 Å². The number of Topliss-reactive ketones (excluding diaryl/α,β-unsaturated/α-hetero) is 1. The third-order valence-electron chi connectivity index (χ3n) is 4.55. The summed E-state index contributed by atoms with van der Waals surface area (Å²) in [7, 11) is 1.44. The van der Waals surface area contributed by atoms with Gasteiger partial charge in [-0.1, -0.05) is 45.4 Å². The highest BCUT2D eigenvalue weighted by atomic mass is 16.5. The van der Waals surface area contributed by atoms with Gasteiger partial charge in [0.25, 0.3) is 0 Å². The summed E-state index contributed by atoms with van der Waals surface area (Å²) in [6, 6.07) is 0. The van der Waals surface area contributed by atoms with Crippen LogP contribution in [-0.2, 0) is 14.3 Å². The Morgan fingerprint density at radius 1 is 0.952 bits per heavy atom. The third-order valence-corrected chi connectivity index (χ3v) is 4.55. The van der Waals surface area contributed by atoms with Crippen LogP contribution in [0.25, 0.3) is 0 Å². The number of ketones is 1. The summed E-state index contributed by atoms with van der Waals surface area (Å²) in [6.45, 7) is 2.18. The van der Waals surface area contributed by atoms with Gasteiger partial charge in [0.05, 0.1) is 7.11 Å². The predicted octanol–water partition coefficient (Wildman–Crippen LogP) is 4.68. The molecule has 3 heteroatoms. The van der Waals surface area contributed by atoms with Crippen LogP contribution in [0.1, 0.15) is 84.0 Å². The van der Waals surface area contributed by atoms with Crippen LogP contribution < -0.4 is 0 Å². The van der Waals surface area contributed by atoms with Crippen molar-refractivity contribution < 1.29 is 14.3 Å².